The lowest BCUT2D eigenvalue weighted by Gasteiger charge is -2.46. The highest BCUT2D eigenvalue weighted by Gasteiger charge is 2.38. The van der Waals surface area contributed by atoms with Crippen molar-refractivity contribution < 1.29 is 0 Å². The van der Waals surface area contributed by atoms with Gasteiger partial charge in [-0.1, -0.05) is 20.3 Å². The van der Waals surface area contributed by atoms with Crippen LogP contribution < -0.4 is 0 Å². The fourth-order valence-electron chi connectivity index (χ4n) is 2.93. The number of hydrogen-bond acceptors (Lipinski definition) is 3. The van der Waals surface area contributed by atoms with Gasteiger partial charge in [-0.2, -0.15) is 24.4 Å². The molecule has 1 saturated heterocycles. The lowest BCUT2D eigenvalue weighted by Crippen LogP contribution is -2.49. The maximum Gasteiger partial charge on any atom is 0.0149 e. The Balaban J connectivity index is 1.87. The number of hydrogen-bond donors (Lipinski definition) is 1. The first kappa shape index (κ1) is 12.1. The Bertz CT molecular complexity index is 200. The molecule has 0 bridgehead atoms. The number of thiol groups is 1. The molecule has 0 spiro atoms. The number of nitrogens with zero attached hydrogens (tertiary/aromatic N) is 1. The summed E-state index contributed by atoms with van der Waals surface area (Å²) in [5, 5.41) is 1.62. The third kappa shape index (κ3) is 2.86. The summed E-state index contributed by atoms with van der Waals surface area (Å²) in [7, 11) is 0. The van der Waals surface area contributed by atoms with Crippen LogP contribution in [-0.4, -0.2) is 40.8 Å². The van der Waals surface area contributed by atoms with Gasteiger partial charge >= 0.3 is 0 Å². The van der Waals surface area contributed by atoms with Crippen LogP contribution in [-0.2, 0) is 0 Å². The molecular weight excluding hydrogens is 222 g/mol. The first-order valence-corrected chi connectivity index (χ1v) is 7.70. The van der Waals surface area contributed by atoms with E-state index >= 15 is 0 Å². The molecule has 0 aromatic heterocycles. The van der Waals surface area contributed by atoms with Gasteiger partial charge in [-0.3, -0.25) is 0 Å². The molecule has 1 heterocycles. The zero-order valence-electron chi connectivity index (χ0n) is 9.91. The molecule has 2 fully saturated rings. The second-order valence-corrected chi connectivity index (χ2v) is 7.66. The van der Waals surface area contributed by atoms with Crippen molar-refractivity contribution in [2.24, 2.45) is 5.41 Å². The standard InChI is InChI=1S/C12H23NS2/c1-10-6-13(7-11(2)15-10)8-12(9-14)4-3-5-12/h10-11,14H,3-9H2,1-2H3. The van der Waals surface area contributed by atoms with E-state index in [4.69, 9.17) is 0 Å². The molecule has 1 aliphatic heterocycles. The van der Waals surface area contributed by atoms with Gasteiger partial charge in [-0.05, 0) is 24.0 Å². The SMILES string of the molecule is CC1CN(CC2(CS)CCC2)CC(C)S1. The lowest BCUT2D eigenvalue weighted by molar-refractivity contribution is 0.0894. The quantitative estimate of drug-likeness (QED) is 0.762. The summed E-state index contributed by atoms with van der Waals surface area (Å²) in [4.78, 5) is 2.68. The Morgan fingerprint density at radius 1 is 1.27 bits per heavy atom. The minimum Gasteiger partial charge on any atom is -0.301 e. The maximum atomic E-state index is 4.55. The van der Waals surface area contributed by atoms with E-state index in [9.17, 15) is 0 Å². The molecule has 2 rings (SSSR count). The first-order chi connectivity index (χ1) is 7.13. The zero-order chi connectivity index (χ0) is 10.9. The van der Waals surface area contributed by atoms with Crippen molar-refractivity contribution >= 4 is 24.4 Å². The predicted octanol–water partition coefficient (Wildman–Crippen LogP) is 2.91. The summed E-state index contributed by atoms with van der Waals surface area (Å²) in [6.45, 7) is 8.59. The van der Waals surface area contributed by atoms with Crippen LogP contribution in [0.5, 0.6) is 0 Å². The molecule has 2 aliphatic rings. The Morgan fingerprint density at radius 2 is 1.87 bits per heavy atom. The second-order valence-electron chi connectivity index (χ2n) is 5.46. The van der Waals surface area contributed by atoms with Crippen molar-refractivity contribution in [1.82, 2.24) is 4.90 Å². The molecule has 1 saturated carbocycles. The average molecular weight is 245 g/mol. The summed E-state index contributed by atoms with van der Waals surface area (Å²) in [5.41, 5.74) is 0.574. The van der Waals surface area contributed by atoms with Crippen LogP contribution in [0.3, 0.4) is 0 Å². The largest absolute Gasteiger partial charge is 0.301 e. The molecule has 0 aromatic carbocycles. The summed E-state index contributed by atoms with van der Waals surface area (Å²) in [6, 6.07) is 0. The fourth-order valence-corrected chi connectivity index (χ4v) is 4.73. The van der Waals surface area contributed by atoms with Crippen LogP contribution in [0.4, 0.5) is 0 Å². The van der Waals surface area contributed by atoms with E-state index in [1.54, 1.807) is 0 Å². The molecule has 0 aromatic rings. The van der Waals surface area contributed by atoms with Crippen LogP contribution in [0.2, 0.25) is 0 Å². The molecule has 15 heavy (non-hydrogen) atoms. The molecule has 2 unspecified atom stereocenters. The molecule has 0 amide bonds. The van der Waals surface area contributed by atoms with Gasteiger partial charge in [0.2, 0.25) is 0 Å². The molecule has 88 valence electrons. The van der Waals surface area contributed by atoms with Gasteiger partial charge in [-0.15, -0.1) is 0 Å². The van der Waals surface area contributed by atoms with Crippen molar-refractivity contribution in [2.45, 2.75) is 43.6 Å². The van der Waals surface area contributed by atoms with E-state index < -0.39 is 0 Å². The Labute approximate surface area is 104 Å². The highest BCUT2D eigenvalue weighted by Crippen LogP contribution is 2.43. The van der Waals surface area contributed by atoms with Crippen molar-refractivity contribution in [1.29, 1.82) is 0 Å². The third-order valence-corrected chi connectivity index (χ3v) is 5.70. The zero-order valence-corrected chi connectivity index (χ0v) is 11.6. The van der Waals surface area contributed by atoms with E-state index in [0.29, 0.717) is 5.41 Å². The fraction of sp³-hybridized carbons (Fsp3) is 1.00. The van der Waals surface area contributed by atoms with Crippen LogP contribution in [0.1, 0.15) is 33.1 Å². The Hall–Kier alpha value is 0.660. The summed E-state index contributed by atoms with van der Waals surface area (Å²) in [5.74, 6) is 1.08. The molecule has 0 radical (unpaired) electrons. The predicted molar refractivity (Wildman–Crippen MR) is 73.1 cm³/mol. The molecular formula is C12H23NS2. The first-order valence-electron chi connectivity index (χ1n) is 6.12. The van der Waals surface area contributed by atoms with Crippen molar-refractivity contribution in [3.63, 3.8) is 0 Å². The van der Waals surface area contributed by atoms with Crippen LogP contribution in [0.15, 0.2) is 0 Å². The Morgan fingerprint density at radius 3 is 2.27 bits per heavy atom. The number of thioether (sulfide) groups is 1. The highest BCUT2D eigenvalue weighted by molar-refractivity contribution is 8.00. The van der Waals surface area contributed by atoms with E-state index in [1.165, 1.54) is 38.9 Å². The normalized spacial score (nSPS) is 36.2. The van der Waals surface area contributed by atoms with Crippen molar-refractivity contribution in [2.75, 3.05) is 25.4 Å². The monoisotopic (exact) mass is 245 g/mol. The minimum atomic E-state index is 0.574. The molecule has 0 N–H and O–H groups in total. The number of rotatable bonds is 3. The lowest BCUT2D eigenvalue weighted by atomic mass is 9.70. The van der Waals surface area contributed by atoms with Gasteiger partial charge in [0, 0.05) is 30.1 Å². The van der Waals surface area contributed by atoms with Crippen LogP contribution in [0.25, 0.3) is 0 Å². The van der Waals surface area contributed by atoms with Crippen molar-refractivity contribution in [3.8, 4) is 0 Å². The molecule has 1 aliphatic carbocycles. The van der Waals surface area contributed by atoms with E-state index in [-0.39, 0.29) is 0 Å². The third-order valence-electron chi connectivity index (χ3n) is 3.80. The topological polar surface area (TPSA) is 3.24 Å². The average Bonchev–Trinajstić information content (AvgIpc) is 2.10. The van der Waals surface area contributed by atoms with Gasteiger partial charge in [0.25, 0.3) is 0 Å². The molecule has 3 heteroatoms. The summed E-state index contributed by atoms with van der Waals surface area (Å²) in [6.07, 6.45) is 4.24. The van der Waals surface area contributed by atoms with Gasteiger partial charge in [0.1, 0.15) is 0 Å². The molecule has 2 atom stereocenters. The maximum absolute atomic E-state index is 4.55. The summed E-state index contributed by atoms with van der Waals surface area (Å²) >= 11 is 6.69. The minimum absolute atomic E-state index is 0.574. The van der Waals surface area contributed by atoms with Gasteiger partial charge < -0.3 is 4.90 Å². The molecule has 1 nitrogen and oxygen atoms in total. The smallest absolute Gasteiger partial charge is 0.0149 e. The Kier molecular flexibility index (Phi) is 3.95. The van der Waals surface area contributed by atoms with E-state index in [2.05, 4.69) is 43.1 Å². The highest BCUT2D eigenvalue weighted by atomic mass is 32.2. The van der Waals surface area contributed by atoms with Gasteiger partial charge in [0.15, 0.2) is 0 Å². The second kappa shape index (κ2) is 4.89. The van der Waals surface area contributed by atoms with Crippen LogP contribution >= 0.6 is 24.4 Å². The van der Waals surface area contributed by atoms with Crippen LogP contribution in [0, 0.1) is 5.41 Å². The van der Waals surface area contributed by atoms with E-state index in [0.717, 1.165) is 16.3 Å². The van der Waals surface area contributed by atoms with Crippen molar-refractivity contribution in [3.05, 3.63) is 0 Å². The van der Waals surface area contributed by atoms with Gasteiger partial charge in [0.05, 0.1) is 0 Å². The van der Waals surface area contributed by atoms with E-state index in [1.807, 2.05) is 0 Å². The summed E-state index contributed by atoms with van der Waals surface area (Å²) < 4.78 is 0. The van der Waals surface area contributed by atoms with Gasteiger partial charge in [-0.25, -0.2) is 0 Å².